The highest BCUT2D eigenvalue weighted by Gasteiger charge is 2.40. The van der Waals surface area contributed by atoms with Crippen LogP contribution in [0.2, 0.25) is 0 Å². The Morgan fingerprint density at radius 3 is 0.431 bits per heavy atom. The van der Waals surface area contributed by atoms with Crippen molar-refractivity contribution in [3.05, 3.63) is 0 Å². The Morgan fingerprint density at radius 2 is 0.299 bits per heavy atom. The first-order valence-electron chi connectivity index (χ1n) is 43.5. The molecule has 15 N–H and O–H groups in total. The number of hydrogen-bond acceptors (Lipinski definition) is 40. The van der Waals surface area contributed by atoms with E-state index in [1.54, 1.807) is 0 Å². The molecule has 0 heterocycles. The van der Waals surface area contributed by atoms with Gasteiger partial charge in [0.05, 0.1) is 98.5 Å². The molecule has 0 aliphatic carbocycles. The highest BCUT2D eigenvalue weighted by atomic mass is 16.6. The first kappa shape index (κ1) is 123. The first-order chi connectivity index (χ1) is 64.9. The van der Waals surface area contributed by atoms with Crippen LogP contribution in [0.3, 0.4) is 0 Å². The van der Waals surface area contributed by atoms with Gasteiger partial charge in [0.2, 0.25) is 76.8 Å². The fourth-order valence-corrected chi connectivity index (χ4v) is 12.3. The Labute approximate surface area is 789 Å². The molecule has 0 aromatic heterocycles. The normalized spacial score (nSPS) is 13.5. The number of rotatable bonds is 69. The summed E-state index contributed by atoms with van der Waals surface area (Å²) in [6.45, 7) is 2.13. The summed E-state index contributed by atoms with van der Waals surface area (Å²) in [5, 5.41) is 30.7. The molecule has 13 unspecified atom stereocenters. The van der Waals surface area contributed by atoms with Gasteiger partial charge in [0.15, 0.2) is 0 Å². The molecule has 0 saturated carbocycles. The average molecular weight is 1960 g/mol. The van der Waals surface area contributed by atoms with Gasteiger partial charge in [0.25, 0.3) is 0 Å². The summed E-state index contributed by atoms with van der Waals surface area (Å²) < 4.78 is 61.6. The molecule has 13 atom stereocenters. The lowest BCUT2D eigenvalue weighted by atomic mass is 10.0. The van der Waals surface area contributed by atoms with Crippen molar-refractivity contribution in [1.29, 1.82) is 0 Å². The third-order valence-corrected chi connectivity index (χ3v) is 20.5. The Bertz CT molecular complexity index is 4010. The molecule has 0 spiro atoms. The second-order valence-electron chi connectivity index (χ2n) is 30.2. The second kappa shape index (κ2) is 69.9. The van der Waals surface area contributed by atoms with E-state index in [0.29, 0.717) is 6.42 Å². The van der Waals surface area contributed by atoms with Crippen LogP contribution in [-0.2, 0) is 186 Å². The third-order valence-electron chi connectivity index (χ3n) is 20.5. The third kappa shape index (κ3) is 52.0. The minimum Gasteiger partial charge on any atom is -0.469 e. The fraction of sp³-hybridized carbons (Fsp3) is 0.690. The number of carbonyl (C=O) groups excluding carboxylic acids is 26. The van der Waals surface area contributed by atoms with Gasteiger partial charge in [-0.1, -0.05) is 26.2 Å². The van der Waals surface area contributed by atoms with Crippen LogP contribution in [0, 0.1) is 0 Å². The van der Waals surface area contributed by atoms with Crippen molar-refractivity contribution >= 4 is 154 Å². The van der Waals surface area contributed by atoms with Crippen molar-refractivity contribution in [2.75, 3.05) is 99.0 Å². The number of nitrogens with two attached hydrogens (primary N) is 1. The topological polar surface area (TPSA) is 746 Å². The van der Waals surface area contributed by atoms with Gasteiger partial charge < -0.3 is 136 Å². The summed E-state index contributed by atoms with van der Waals surface area (Å²) in [7, 11) is 12.8. The highest BCUT2D eigenvalue weighted by molar-refractivity contribution is 6.01. The van der Waals surface area contributed by atoms with Crippen LogP contribution >= 0.6 is 0 Å². The van der Waals surface area contributed by atoms with Gasteiger partial charge >= 0.3 is 77.6 Å². The Balaban J connectivity index is 8.22. The largest absolute Gasteiger partial charge is 0.469 e. The van der Waals surface area contributed by atoms with E-state index in [1.807, 2.05) is 6.92 Å². The molecule has 0 aliphatic heterocycles. The smallest absolute Gasteiger partial charge is 0.305 e. The van der Waals surface area contributed by atoms with Crippen molar-refractivity contribution in [3.8, 4) is 0 Å². The Hall–Kier alpha value is -13.8. The molecular formula is C84H132N14O39. The quantitative estimate of drug-likeness (QED) is 0.0153. The predicted molar refractivity (Wildman–Crippen MR) is 465 cm³/mol. The fourth-order valence-electron chi connectivity index (χ4n) is 12.3. The van der Waals surface area contributed by atoms with Crippen molar-refractivity contribution in [2.24, 2.45) is 5.73 Å². The molecule has 0 aromatic rings. The lowest BCUT2D eigenvalue weighted by Crippen LogP contribution is -2.61. The summed E-state index contributed by atoms with van der Waals surface area (Å²) in [6.07, 6.45) is -13.3. The molecular weight excluding hydrogens is 1830 g/mol. The zero-order valence-electron chi connectivity index (χ0n) is 79.4. The van der Waals surface area contributed by atoms with Crippen LogP contribution in [0.4, 0.5) is 0 Å². The molecule has 0 aliphatic rings. The lowest BCUT2D eigenvalue weighted by molar-refractivity contribution is -0.144. The molecule has 0 bridgehead atoms. The Kier molecular flexibility index (Phi) is 62.9. The van der Waals surface area contributed by atoms with Crippen molar-refractivity contribution < 1.29 is 186 Å². The number of unbranched alkanes of at least 4 members (excludes halogenated alkanes) is 3. The van der Waals surface area contributed by atoms with E-state index in [9.17, 15) is 125 Å². The van der Waals surface area contributed by atoms with E-state index in [1.165, 1.54) is 0 Å². The van der Waals surface area contributed by atoms with Crippen LogP contribution in [0.15, 0.2) is 0 Å². The summed E-state index contributed by atoms with van der Waals surface area (Å²) >= 11 is 0. The van der Waals surface area contributed by atoms with E-state index in [-0.39, 0.29) is 32.2 Å². The van der Waals surface area contributed by atoms with Gasteiger partial charge in [0.1, 0.15) is 72.5 Å². The number of hydrogen-bond donors (Lipinski definition) is 14. The van der Waals surface area contributed by atoms with Crippen LogP contribution in [0.5, 0.6) is 0 Å². The van der Waals surface area contributed by atoms with E-state index >= 15 is 0 Å². The van der Waals surface area contributed by atoms with Crippen molar-refractivity contribution in [3.63, 3.8) is 0 Å². The van der Waals surface area contributed by atoms with Crippen LogP contribution in [-0.4, -0.2) is 332 Å². The predicted octanol–water partition coefficient (Wildman–Crippen LogP) is -5.78. The molecule has 13 amide bonds. The van der Waals surface area contributed by atoms with Crippen molar-refractivity contribution in [1.82, 2.24) is 69.1 Å². The molecule has 0 rings (SSSR count). The molecule has 0 aromatic carbocycles. The number of esters is 13. The van der Waals surface area contributed by atoms with Crippen LogP contribution < -0.4 is 74.9 Å². The highest BCUT2D eigenvalue weighted by Crippen LogP contribution is 2.17. The minimum absolute atomic E-state index is 0.167. The van der Waals surface area contributed by atoms with Crippen LogP contribution in [0.1, 0.15) is 200 Å². The summed E-state index contributed by atoms with van der Waals surface area (Å²) in [4.78, 5) is 352. The van der Waals surface area contributed by atoms with Gasteiger partial charge in [-0.05, 0) is 89.9 Å². The molecule has 53 heteroatoms. The van der Waals surface area contributed by atoms with Crippen molar-refractivity contribution in [2.45, 2.75) is 278 Å². The zero-order chi connectivity index (χ0) is 104. The summed E-state index contributed by atoms with van der Waals surface area (Å²) in [6, 6.07) is -24.4. The molecule has 0 radical (unpaired) electrons. The maximum absolute atomic E-state index is 14.9. The number of nitrogens with one attached hydrogen (secondary N) is 13. The standard InChI is InChI=1S/C84H132N14O39/c1-15-16-17-18-45-86-73(113)47(20-33-60(100)126-3)88-75(115)49(22-35-62(102)128-5)90-77(117)51(24-37-64(104)130-7)92-79(119)53(26-39-66(106)132-9)94-81(121)55(28-41-68(108)134-11)96-83(123)57(30-43-70(110)136-13)98-84(124)58(31-44-71(111)137-14)97-82(122)56(29-42-69(109)135-12)95-80(120)54(27-40-67(107)133-10)93-78(118)52(25-38-65(105)131-8)91-76(116)50(23-36-63(103)129-6)89-74(114)48(21-34-61(101)127-4)87-72(112)46(85)19-32-59(99)125-2/h46-58H,15-45,85H2,1-14H3,(H,86,113)(H,87,112)(H,88,115)(H,89,114)(H,90,117)(H,91,116)(H,92,119)(H,93,118)(H,94,121)(H,95,120)(H,96,123)(H,97,122)(H,98,124). The van der Waals surface area contributed by atoms with E-state index < -0.39 is 374 Å². The van der Waals surface area contributed by atoms with Gasteiger partial charge in [-0.25, -0.2) is 0 Å². The maximum Gasteiger partial charge on any atom is 0.305 e. The summed E-state index contributed by atoms with van der Waals surface area (Å²) in [5.41, 5.74) is 5.99. The second-order valence-corrected chi connectivity index (χ2v) is 30.2. The molecule has 137 heavy (non-hydrogen) atoms. The molecule has 772 valence electrons. The van der Waals surface area contributed by atoms with Gasteiger partial charge in [-0.2, -0.15) is 0 Å². The maximum atomic E-state index is 14.9. The first-order valence-corrected chi connectivity index (χ1v) is 43.5. The van der Waals surface area contributed by atoms with Gasteiger partial charge in [-0.3, -0.25) is 125 Å². The van der Waals surface area contributed by atoms with Crippen LogP contribution in [0.25, 0.3) is 0 Å². The summed E-state index contributed by atoms with van der Waals surface area (Å²) in [5.74, 6) is -28.6. The van der Waals surface area contributed by atoms with E-state index in [0.717, 1.165) is 112 Å². The average Bonchev–Trinajstić information content (AvgIpc) is 0.860. The molecule has 0 saturated heterocycles. The SMILES string of the molecule is CCCCCCNC(=O)C(CCC(=O)OC)NC(=O)C(CCC(=O)OC)NC(=O)C(CCC(=O)OC)NC(=O)C(CCC(=O)OC)NC(=O)C(CCC(=O)OC)NC(=O)C(CCC(=O)OC)NC(=O)C(CCC(=O)OC)NC(=O)C(CCC(=O)OC)NC(=O)C(CCC(=O)OC)NC(=O)C(CCC(=O)OC)NC(=O)C(CCC(=O)OC)NC(=O)C(CCC(=O)OC)NC(=O)C(N)CCC(=O)OC. The number of methoxy groups -OCH3 is 13. The Morgan fingerprint density at radius 1 is 0.175 bits per heavy atom. The number of carbonyl (C=O) groups is 26. The van der Waals surface area contributed by atoms with Gasteiger partial charge in [0, 0.05) is 90.0 Å². The van der Waals surface area contributed by atoms with E-state index in [2.05, 4.69) is 78.6 Å². The monoisotopic (exact) mass is 1960 g/mol. The zero-order valence-corrected chi connectivity index (χ0v) is 79.4. The lowest BCUT2D eigenvalue weighted by Gasteiger charge is -2.28. The number of amides is 13. The number of ether oxygens (including phenoxy) is 13. The van der Waals surface area contributed by atoms with E-state index in [4.69, 9.17) is 57.8 Å². The molecule has 0 fully saturated rings. The minimum atomic E-state index is -2.07. The van der Waals surface area contributed by atoms with Gasteiger partial charge in [-0.15, -0.1) is 0 Å². The molecule has 53 nitrogen and oxygen atoms in total.